The predicted molar refractivity (Wildman–Crippen MR) is 63.4 cm³/mol. The maximum Gasteiger partial charge on any atom is 0.151 e. The van der Waals surface area contributed by atoms with Crippen molar-refractivity contribution in [2.24, 2.45) is 0 Å². The predicted octanol–water partition coefficient (Wildman–Crippen LogP) is 1.79. The Hall–Kier alpha value is -1.00. The molecule has 0 radical (unpaired) electrons. The van der Waals surface area contributed by atoms with Gasteiger partial charge in [0.1, 0.15) is 0 Å². The van der Waals surface area contributed by atoms with Crippen LogP contribution in [0.3, 0.4) is 0 Å². The van der Waals surface area contributed by atoms with Gasteiger partial charge < -0.3 is 15.4 Å². The first kappa shape index (κ1) is 12.1. The number of hydrogen-bond donors (Lipinski definition) is 1. The van der Waals surface area contributed by atoms with Crippen LogP contribution in [0.2, 0.25) is 5.02 Å². The number of aromatic nitrogens is 1. The Kier molecular flexibility index (Phi) is 4.65. The molecule has 0 bridgehead atoms. The van der Waals surface area contributed by atoms with Gasteiger partial charge in [-0.3, -0.25) is 0 Å². The number of nitrogens with zero attached hydrogens (tertiary/aromatic N) is 2. The fourth-order valence-electron chi connectivity index (χ4n) is 1.22. The average Bonchev–Trinajstić information content (AvgIpc) is 2.17. The number of nitrogen functional groups attached to an aromatic ring is 1. The van der Waals surface area contributed by atoms with E-state index in [0.29, 0.717) is 17.3 Å². The van der Waals surface area contributed by atoms with Gasteiger partial charge in [0.15, 0.2) is 5.82 Å². The molecule has 0 saturated heterocycles. The summed E-state index contributed by atoms with van der Waals surface area (Å²) in [6.07, 6.45) is 1.59. The van der Waals surface area contributed by atoms with Crippen molar-refractivity contribution in [1.29, 1.82) is 0 Å². The second-order valence-electron chi connectivity index (χ2n) is 3.18. The van der Waals surface area contributed by atoms with E-state index in [1.807, 2.05) is 18.9 Å². The van der Waals surface area contributed by atoms with E-state index in [9.17, 15) is 0 Å². The summed E-state index contributed by atoms with van der Waals surface area (Å²) < 4.78 is 5.25. The Balaban J connectivity index is 2.61. The van der Waals surface area contributed by atoms with E-state index in [4.69, 9.17) is 22.1 Å². The van der Waals surface area contributed by atoms with Gasteiger partial charge in [0.25, 0.3) is 0 Å². The Bertz CT molecular complexity index is 320. The summed E-state index contributed by atoms with van der Waals surface area (Å²) in [5.74, 6) is 0.735. The van der Waals surface area contributed by atoms with Crippen molar-refractivity contribution in [1.82, 2.24) is 4.98 Å². The fourth-order valence-corrected chi connectivity index (χ4v) is 1.38. The summed E-state index contributed by atoms with van der Waals surface area (Å²) in [5, 5.41) is 0.550. The summed E-state index contributed by atoms with van der Waals surface area (Å²) >= 11 is 5.76. The highest BCUT2D eigenvalue weighted by molar-refractivity contribution is 6.30. The van der Waals surface area contributed by atoms with E-state index in [1.54, 1.807) is 12.3 Å². The lowest BCUT2D eigenvalue weighted by Gasteiger charge is -2.19. The lowest BCUT2D eigenvalue weighted by Crippen LogP contribution is -2.24. The van der Waals surface area contributed by atoms with Crippen LogP contribution in [0, 0.1) is 0 Å². The molecule has 0 aromatic carbocycles. The van der Waals surface area contributed by atoms with Crippen LogP contribution in [0.1, 0.15) is 6.92 Å². The molecule has 1 aromatic rings. The summed E-state index contributed by atoms with van der Waals surface area (Å²) in [5.41, 5.74) is 6.38. The largest absolute Gasteiger partial charge is 0.396 e. The van der Waals surface area contributed by atoms with Crippen LogP contribution < -0.4 is 10.6 Å². The third-order valence-corrected chi connectivity index (χ3v) is 2.21. The first-order chi connectivity index (χ1) is 7.15. The summed E-state index contributed by atoms with van der Waals surface area (Å²) in [4.78, 5) is 6.12. The van der Waals surface area contributed by atoms with E-state index < -0.39 is 0 Å². The van der Waals surface area contributed by atoms with Crippen molar-refractivity contribution in [2.45, 2.75) is 6.92 Å². The minimum atomic E-state index is 0.550. The van der Waals surface area contributed by atoms with E-state index in [2.05, 4.69) is 4.98 Å². The van der Waals surface area contributed by atoms with Gasteiger partial charge in [-0.25, -0.2) is 4.98 Å². The van der Waals surface area contributed by atoms with Gasteiger partial charge in [-0.15, -0.1) is 0 Å². The van der Waals surface area contributed by atoms with Crippen molar-refractivity contribution < 1.29 is 4.74 Å². The van der Waals surface area contributed by atoms with Crippen LogP contribution >= 0.6 is 11.6 Å². The minimum absolute atomic E-state index is 0.550. The molecule has 0 aliphatic heterocycles. The van der Waals surface area contributed by atoms with E-state index in [-0.39, 0.29) is 0 Å². The average molecular weight is 230 g/mol. The lowest BCUT2D eigenvalue weighted by atomic mass is 10.3. The molecule has 0 spiro atoms. The van der Waals surface area contributed by atoms with Crippen LogP contribution in [0.25, 0.3) is 0 Å². The molecule has 0 unspecified atom stereocenters. The molecule has 0 saturated carbocycles. The number of ether oxygens (including phenoxy) is 1. The summed E-state index contributed by atoms with van der Waals surface area (Å²) in [6.45, 7) is 4.11. The van der Waals surface area contributed by atoms with Gasteiger partial charge >= 0.3 is 0 Å². The molecule has 2 N–H and O–H groups in total. The number of anilines is 2. The molecule has 5 heteroatoms. The highest BCUT2D eigenvalue weighted by Crippen LogP contribution is 2.21. The van der Waals surface area contributed by atoms with Gasteiger partial charge in [0.2, 0.25) is 0 Å². The normalized spacial score (nSPS) is 10.3. The third-order valence-electron chi connectivity index (χ3n) is 2.00. The number of nitrogens with two attached hydrogens (primary N) is 1. The maximum atomic E-state index is 5.80. The summed E-state index contributed by atoms with van der Waals surface area (Å²) in [6, 6.07) is 1.70. The second kappa shape index (κ2) is 5.78. The van der Waals surface area contributed by atoms with Crippen LogP contribution in [0.4, 0.5) is 11.5 Å². The molecule has 4 nitrogen and oxygen atoms in total. The van der Waals surface area contributed by atoms with Crippen molar-refractivity contribution in [3.8, 4) is 0 Å². The molecule has 15 heavy (non-hydrogen) atoms. The van der Waals surface area contributed by atoms with Crippen LogP contribution in [0.5, 0.6) is 0 Å². The van der Waals surface area contributed by atoms with Crippen LogP contribution in [-0.4, -0.2) is 31.8 Å². The zero-order chi connectivity index (χ0) is 11.3. The lowest BCUT2D eigenvalue weighted by molar-refractivity contribution is 0.154. The Morgan fingerprint density at radius 3 is 2.93 bits per heavy atom. The molecule has 0 aliphatic carbocycles. The van der Waals surface area contributed by atoms with E-state index in [0.717, 1.165) is 19.0 Å². The molecule has 0 aliphatic rings. The smallest absolute Gasteiger partial charge is 0.151 e. The fraction of sp³-hybridized carbons (Fsp3) is 0.500. The molecular formula is C10H16ClN3O. The van der Waals surface area contributed by atoms with Crippen molar-refractivity contribution >= 4 is 23.1 Å². The minimum Gasteiger partial charge on any atom is -0.396 e. The first-order valence-electron chi connectivity index (χ1n) is 4.85. The SMILES string of the molecule is CCOCCN(C)c1ncc(Cl)cc1N. The van der Waals surface area contributed by atoms with Gasteiger partial charge in [-0.2, -0.15) is 0 Å². The van der Waals surface area contributed by atoms with Crippen LogP contribution in [0.15, 0.2) is 12.3 Å². The number of rotatable bonds is 5. The molecular weight excluding hydrogens is 214 g/mol. The molecule has 1 heterocycles. The monoisotopic (exact) mass is 229 g/mol. The van der Waals surface area contributed by atoms with Gasteiger partial charge in [0, 0.05) is 26.4 Å². The molecule has 0 fully saturated rings. The number of hydrogen-bond acceptors (Lipinski definition) is 4. The standard InChI is InChI=1S/C10H16ClN3O/c1-3-15-5-4-14(2)10-9(12)6-8(11)7-13-10/h6-7H,3-5,12H2,1-2H3. The van der Waals surface area contributed by atoms with E-state index >= 15 is 0 Å². The maximum absolute atomic E-state index is 5.80. The highest BCUT2D eigenvalue weighted by Gasteiger charge is 2.06. The summed E-state index contributed by atoms with van der Waals surface area (Å²) in [7, 11) is 1.92. The molecule has 1 rings (SSSR count). The zero-order valence-electron chi connectivity index (χ0n) is 9.03. The van der Waals surface area contributed by atoms with Crippen LogP contribution in [-0.2, 0) is 4.74 Å². The second-order valence-corrected chi connectivity index (χ2v) is 3.62. The Labute approximate surface area is 95.0 Å². The van der Waals surface area contributed by atoms with Crippen molar-refractivity contribution in [2.75, 3.05) is 37.4 Å². The number of pyridine rings is 1. The Morgan fingerprint density at radius 1 is 1.60 bits per heavy atom. The van der Waals surface area contributed by atoms with Crippen molar-refractivity contribution in [3.63, 3.8) is 0 Å². The molecule has 0 amide bonds. The highest BCUT2D eigenvalue weighted by atomic mass is 35.5. The quantitative estimate of drug-likeness (QED) is 0.783. The molecule has 84 valence electrons. The topological polar surface area (TPSA) is 51.4 Å². The Morgan fingerprint density at radius 2 is 2.33 bits per heavy atom. The van der Waals surface area contributed by atoms with Crippen molar-refractivity contribution in [3.05, 3.63) is 17.3 Å². The zero-order valence-corrected chi connectivity index (χ0v) is 9.79. The number of likely N-dealkylation sites (N-methyl/N-ethyl adjacent to an activating group) is 1. The third kappa shape index (κ3) is 3.57. The molecule has 0 atom stereocenters. The number of halogens is 1. The first-order valence-corrected chi connectivity index (χ1v) is 5.22. The molecule has 1 aromatic heterocycles. The van der Waals surface area contributed by atoms with E-state index in [1.165, 1.54) is 0 Å². The van der Waals surface area contributed by atoms with Gasteiger partial charge in [-0.05, 0) is 13.0 Å². The van der Waals surface area contributed by atoms with Gasteiger partial charge in [-0.1, -0.05) is 11.6 Å². The van der Waals surface area contributed by atoms with Gasteiger partial charge in [0.05, 0.1) is 17.3 Å².